The second-order valence-electron chi connectivity index (χ2n) is 7.30. The van der Waals surface area contributed by atoms with Gasteiger partial charge in [-0.2, -0.15) is 0 Å². The molecule has 1 amide bonds. The monoisotopic (exact) mass is 355 g/mol. The van der Waals surface area contributed by atoms with Gasteiger partial charge in [-0.25, -0.2) is 14.4 Å². The van der Waals surface area contributed by atoms with Crippen LogP contribution in [0.1, 0.15) is 31.4 Å². The standard InChI is InChI=1S/C19H22FN5O/c20-15-10-22-18(23-11-15)24-9-3-6-19(13-24)7-5-17(26)25(14-19)12-16-4-1-2-8-21-16/h1-2,4,8,10-11H,3,5-7,9,12-14H2/t19-/m0/s1. The molecule has 0 N–H and O–H groups in total. The van der Waals surface area contributed by atoms with Crippen LogP contribution in [0.4, 0.5) is 10.3 Å². The zero-order valence-electron chi connectivity index (χ0n) is 14.6. The van der Waals surface area contributed by atoms with E-state index in [1.165, 1.54) is 12.4 Å². The molecule has 2 aromatic rings. The second kappa shape index (κ2) is 6.97. The van der Waals surface area contributed by atoms with Crippen LogP contribution in [0.5, 0.6) is 0 Å². The average molecular weight is 355 g/mol. The van der Waals surface area contributed by atoms with Crippen molar-refractivity contribution in [3.8, 4) is 0 Å². The molecule has 26 heavy (non-hydrogen) atoms. The molecule has 0 radical (unpaired) electrons. The Morgan fingerprint density at radius 1 is 1.12 bits per heavy atom. The maximum absolute atomic E-state index is 13.1. The smallest absolute Gasteiger partial charge is 0.225 e. The summed E-state index contributed by atoms with van der Waals surface area (Å²) in [5.74, 6) is 0.334. The fraction of sp³-hybridized carbons (Fsp3) is 0.474. The molecule has 0 unspecified atom stereocenters. The van der Waals surface area contributed by atoms with Crippen molar-refractivity contribution in [2.24, 2.45) is 5.41 Å². The minimum absolute atomic E-state index is 0.0404. The van der Waals surface area contributed by atoms with E-state index in [0.717, 1.165) is 44.6 Å². The van der Waals surface area contributed by atoms with E-state index in [4.69, 9.17) is 0 Å². The number of piperidine rings is 2. The Morgan fingerprint density at radius 3 is 2.73 bits per heavy atom. The highest BCUT2D eigenvalue weighted by Gasteiger charge is 2.42. The first-order valence-electron chi connectivity index (χ1n) is 9.04. The number of aromatic nitrogens is 3. The third-order valence-corrected chi connectivity index (χ3v) is 5.38. The van der Waals surface area contributed by atoms with Crippen molar-refractivity contribution >= 4 is 11.9 Å². The maximum Gasteiger partial charge on any atom is 0.225 e. The fourth-order valence-corrected chi connectivity index (χ4v) is 4.11. The molecule has 0 bridgehead atoms. The molecule has 2 aliphatic heterocycles. The van der Waals surface area contributed by atoms with Crippen molar-refractivity contribution in [3.63, 3.8) is 0 Å². The van der Waals surface area contributed by atoms with E-state index in [0.29, 0.717) is 18.9 Å². The molecule has 0 saturated carbocycles. The predicted octanol–water partition coefficient (Wildman–Crippen LogP) is 2.42. The summed E-state index contributed by atoms with van der Waals surface area (Å²) in [5.41, 5.74) is 0.950. The van der Waals surface area contributed by atoms with Gasteiger partial charge in [-0.3, -0.25) is 9.78 Å². The van der Waals surface area contributed by atoms with Crippen LogP contribution in [0.3, 0.4) is 0 Å². The highest BCUT2D eigenvalue weighted by Crippen LogP contribution is 2.39. The Labute approximate surface area is 152 Å². The average Bonchev–Trinajstić information content (AvgIpc) is 2.67. The molecule has 6 nitrogen and oxygen atoms in total. The van der Waals surface area contributed by atoms with Crippen molar-refractivity contribution in [1.29, 1.82) is 0 Å². The number of carbonyl (C=O) groups is 1. The minimum Gasteiger partial charge on any atom is -0.340 e. The molecular weight excluding hydrogens is 333 g/mol. The third kappa shape index (κ3) is 3.52. The second-order valence-corrected chi connectivity index (χ2v) is 7.30. The summed E-state index contributed by atoms with van der Waals surface area (Å²) in [4.78, 5) is 29.1. The molecule has 2 aromatic heterocycles. The summed E-state index contributed by atoms with van der Waals surface area (Å²) in [7, 11) is 0. The summed E-state index contributed by atoms with van der Waals surface area (Å²) >= 11 is 0. The van der Waals surface area contributed by atoms with Crippen LogP contribution in [0, 0.1) is 11.2 Å². The quantitative estimate of drug-likeness (QED) is 0.846. The normalized spacial score (nSPS) is 23.5. The molecule has 1 spiro atoms. The van der Waals surface area contributed by atoms with Crippen molar-refractivity contribution in [1.82, 2.24) is 19.9 Å². The SMILES string of the molecule is O=C1CC[C@]2(CCCN(c3ncc(F)cn3)C2)CN1Cc1ccccn1. The molecule has 0 aromatic carbocycles. The first-order valence-corrected chi connectivity index (χ1v) is 9.04. The van der Waals surface area contributed by atoms with Gasteiger partial charge in [0.1, 0.15) is 0 Å². The maximum atomic E-state index is 13.1. The van der Waals surface area contributed by atoms with Crippen molar-refractivity contribution in [2.75, 3.05) is 24.5 Å². The molecular formula is C19H22FN5O. The van der Waals surface area contributed by atoms with E-state index in [1.54, 1.807) is 6.20 Å². The minimum atomic E-state index is -0.426. The largest absolute Gasteiger partial charge is 0.340 e. The lowest BCUT2D eigenvalue weighted by atomic mass is 9.73. The number of rotatable bonds is 3. The Bertz CT molecular complexity index is 769. The summed E-state index contributed by atoms with van der Waals surface area (Å²) in [5, 5.41) is 0. The lowest BCUT2D eigenvalue weighted by Gasteiger charge is -2.48. The number of hydrogen-bond acceptors (Lipinski definition) is 5. The number of nitrogens with zero attached hydrogens (tertiary/aromatic N) is 5. The first-order chi connectivity index (χ1) is 12.6. The first kappa shape index (κ1) is 16.9. The highest BCUT2D eigenvalue weighted by atomic mass is 19.1. The number of likely N-dealkylation sites (tertiary alicyclic amines) is 1. The number of pyridine rings is 1. The third-order valence-electron chi connectivity index (χ3n) is 5.38. The summed E-state index contributed by atoms with van der Waals surface area (Å²) in [6.07, 6.45) is 7.72. The molecule has 0 aliphatic carbocycles. The molecule has 1 atom stereocenters. The number of carbonyl (C=O) groups excluding carboxylic acids is 1. The van der Waals surface area contributed by atoms with Gasteiger partial charge in [0.2, 0.25) is 11.9 Å². The van der Waals surface area contributed by atoms with E-state index in [-0.39, 0.29) is 11.3 Å². The van der Waals surface area contributed by atoms with Crippen LogP contribution in [0.2, 0.25) is 0 Å². The number of amides is 1. The van der Waals surface area contributed by atoms with E-state index in [1.807, 2.05) is 23.1 Å². The van der Waals surface area contributed by atoms with Gasteiger partial charge in [-0.15, -0.1) is 0 Å². The number of halogens is 1. The van der Waals surface area contributed by atoms with Gasteiger partial charge >= 0.3 is 0 Å². The molecule has 7 heteroatoms. The Kier molecular flexibility index (Phi) is 4.53. The van der Waals surface area contributed by atoms with Crippen molar-refractivity contribution in [2.45, 2.75) is 32.2 Å². The number of hydrogen-bond donors (Lipinski definition) is 0. The van der Waals surface area contributed by atoms with Gasteiger partial charge in [0.25, 0.3) is 0 Å². The van der Waals surface area contributed by atoms with Gasteiger partial charge in [-0.1, -0.05) is 6.07 Å². The van der Waals surface area contributed by atoms with Crippen LogP contribution in [0.25, 0.3) is 0 Å². The van der Waals surface area contributed by atoms with Crippen LogP contribution in [-0.4, -0.2) is 45.4 Å². The summed E-state index contributed by atoms with van der Waals surface area (Å²) in [6, 6.07) is 5.78. The van der Waals surface area contributed by atoms with Crippen molar-refractivity contribution < 1.29 is 9.18 Å². The van der Waals surface area contributed by atoms with Crippen LogP contribution in [-0.2, 0) is 11.3 Å². The summed E-state index contributed by atoms with van der Waals surface area (Å²) in [6.45, 7) is 2.93. The lowest BCUT2D eigenvalue weighted by Crippen LogP contribution is -2.54. The van der Waals surface area contributed by atoms with Gasteiger partial charge in [0.15, 0.2) is 5.82 Å². The highest BCUT2D eigenvalue weighted by molar-refractivity contribution is 5.77. The van der Waals surface area contributed by atoms with Gasteiger partial charge in [0.05, 0.1) is 24.6 Å². The van der Waals surface area contributed by atoms with Crippen molar-refractivity contribution in [3.05, 3.63) is 48.3 Å². The Morgan fingerprint density at radius 2 is 1.96 bits per heavy atom. The molecule has 4 rings (SSSR count). The zero-order valence-corrected chi connectivity index (χ0v) is 14.6. The molecule has 2 saturated heterocycles. The molecule has 2 aliphatic rings. The van der Waals surface area contributed by atoms with Gasteiger partial charge in [-0.05, 0) is 31.4 Å². The Hall–Kier alpha value is -2.57. The Balaban J connectivity index is 1.49. The lowest BCUT2D eigenvalue weighted by molar-refractivity contribution is -0.138. The van der Waals surface area contributed by atoms with E-state index >= 15 is 0 Å². The number of anilines is 1. The van der Waals surface area contributed by atoms with Crippen LogP contribution < -0.4 is 4.90 Å². The van der Waals surface area contributed by atoms with Crippen LogP contribution >= 0.6 is 0 Å². The molecule has 4 heterocycles. The zero-order chi connectivity index (χ0) is 18.0. The van der Waals surface area contributed by atoms with Crippen LogP contribution in [0.15, 0.2) is 36.8 Å². The van der Waals surface area contributed by atoms with Gasteiger partial charge < -0.3 is 9.80 Å². The summed E-state index contributed by atoms with van der Waals surface area (Å²) < 4.78 is 13.1. The predicted molar refractivity (Wildman–Crippen MR) is 94.8 cm³/mol. The molecule has 2 fully saturated rings. The molecule has 136 valence electrons. The fourth-order valence-electron chi connectivity index (χ4n) is 4.11. The van der Waals surface area contributed by atoms with E-state index < -0.39 is 5.82 Å². The van der Waals surface area contributed by atoms with E-state index in [2.05, 4.69) is 19.9 Å². The van der Waals surface area contributed by atoms with E-state index in [9.17, 15) is 9.18 Å². The topological polar surface area (TPSA) is 62.2 Å². The van der Waals surface area contributed by atoms with Gasteiger partial charge in [0, 0.05) is 37.7 Å².